The average molecular weight is 615 g/mol. The first-order valence-electron chi connectivity index (χ1n) is 15.0. The Labute approximate surface area is 268 Å². The lowest BCUT2D eigenvalue weighted by atomic mass is 9.86. The number of fused-ring (bicyclic) bond motifs is 3. The van der Waals surface area contributed by atoms with Gasteiger partial charge in [-0.2, -0.15) is 5.26 Å². The molecule has 234 valence electrons. The van der Waals surface area contributed by atoms with Crippen LogP contribution in [0.25, 0.3) is 44.8 Å². The van der Waals surface area contributed by atoms with Crippen molar-refractivity contribution < 1.29 is 9.53 Å². The van der Waals surface area contributed by atoms with Gasteiger partial charge in [-0.3, -0.25) is 19.1 Å². The first-order valence-corrected chi connectivity index (χ1v) is 15.0. The molecule has 0 aliphatic rings. The first kappa shape index (κ1) is 31.9. The summed E-state index contributed by atoms with van der Waals surface area (Å²) >= 11 is 0. The highest BCUT2D eigenvalue weighted by molar-refractivity contribution is 6.04. The smallest absolute Gasteiger partial charge is 0.407 e. The summed E-state index contributed by atoms with van der Waals surface area (Å²) in [5.74, 6) is 0. The third-order valence-corrected chi connectivity index (χ3v) is 7.80. The number of carbonyl (C=O) groups is 1. The molecule has 9 nitrogen and oxygen atoms in total. The van der Waals surface area contributed by atoms with Gasteiger partial charge in [0.1, 0.15) is 5.60 Å². The Kier molecular flexibility index (Phi) is 8.42. The third kappa shape index (κ3) is 6.47. The van der Waals surface area contributed by atoms with Gasteiger partial charge in [0.2, 0.25) is 0 Å². The predicted molar refractivity (Wildman–Crippen MR) is 183 cm³/mol. The van der Waals surface area contributed by atoms with Crippen molar-refractivity contribution in [1.82, 2.24) is 24.4 Å². The van der Waals surface area contributed by atoms with E-state index < -0.39 is 17.1 Å². The molecule has 0 atom stereocenters. The Morgan fingerprint density at radius 2 is 1.76 bits per heavy atom. The Balaban J connectivity index is 1.47. The zero-order valence-corrected chi connectivity index (χ0v) is 27.3. The maximum absolute atomic E-state index is 13.5. The van der Waals surface area contributed by atoms with Crippen LogP contribution in [0.5, 0.6) is 0 Å². The van der Waals surface area contributed by atoms with Crippen molar-refractivity contribution in [2.45, 2.75) is 52.6 Å². The van der Waals surface area contributed by atoms with Crippen LogP contribution in [0.2, 0.25) is 0 Å². The van der Waals surface area contributed by atoms with Crippen LogP contribution in [0.15, 0.2) is 83.9 Å². The number of rotatable bonds is 7. The Morgan fingerprint density at radius 1 is 1.04 bits per heavy atom. The van der Waals surface area contributed by atoms with E-state index >= 15 is 0 Å². The van der Waals surface area contributed by atoms with E-state index in [0.717, 1.165) is 44.4 Å². The number of benzene rings is 2. The summed E-state index contributed by atoms with van der Waals surface area (Å²) in [6.07, 6.45) is 6.75. The van der Waals surface area contributed by atoms with Crippen molar-refractivity contribution in [1.29, 1.82) is 5.26 Å². The number of nitrogens with zero attached hydrogens (tertiary/aromatic N) is 5. The van der Waals surface area contributed by atoms with Crippen LogP contribution < -0.4 is 11.0 Å². The summed E-state index contributed by atoms with van der Waals surface area (Å²) in [7, 11) is 1.74. The molecule has 5 rings (SSSR count). The number of hydrogen-bond donors (Lipinski definition) is 1. The van der Waals surface area contributed by atoms with E-state index in [1.807, 2.05) is 102 Å². The summed E-state index contributed by atoms with van der Waals surface area (Å²) < 4.78 is 8.58. The van der Waals surface area contributed by atoms with E-state index in [4.69, 9.17) is 9.72 Å². The summed E-state index contributed by atoms with van der Waals surface area (Å²) in [6, 6.07) is 18.0. The van der Waals surface area contributed by atoms with Crippen LogP contribution in [-0.2, 0) is 17.2 Å². The van der Waals surface area contributed by atoms with Crippen molar-refractivity contribution in [3.05, 3.63) is 106 Å². The number of carbonyl (C=O) groups excluding carboxylic acids is 1. The lowest BCUT2D eigenvalue weighted by Crippen LogP contribution is -2.33. The van der Waals surface area contributed by atoms with E-state index in [1.54, 1.807) is 22.4 Å². The largest absolute Gasteiger partial charge is 0.444 e. The van der Waals surface area contributed by atoms with Crippen molar-refractivity contribution in [2.24, 2.45) is 7.05 Å². The van der Waals surface area contributed by atoms with Gasteiger partial charge >= 0.3 is 11.8 Å². The highest BCUT2D eigenvalue weighted by atomic mass is 16.6. The van der Waals surface area contributed by atoms with E-state index in [1.165, 1.54) is 0 Å². The molecule has 3 aromatic heterocycles. The minimum atomic E-state index is -0.641. The second-order valence-electron chi connectivity index (χ2n) is 13.0. The van der Waals surface area contributed by atoms with Gasteiger partial charge in [0.05, 0.1) is 45.6 Å². The van der Waals surface area contributed by atoms with Crippen LogP contribution in [0.3, 0.4) is 0 Å². The number of aryl methyl sites for hydroxylation is 2. The molecule has 5 aromatic rings. The number of nitrogens with one attached hydrogen (secondary N) is 1. The summed E-state index contributed by atoms with van der Waals surface area (Å²) in [4.78, 5) is 34.8. The van der Waals surface area contributed by atoms with Crippen LogP contribution in [0, 0.1) is 18.3 Å². The van der Waals surface area contributed by atoms with Crippen LogP contribution in [0.1, 0.15) is 51.4 Å². The van der Waals surface area contributed by atoms with Gasteiger partial charge in [0.25, 0.3) is 0 Å². The molecule has 2 aromatic carbocycles. The zero-order chi connectivity index (χ0) is 33.4. The standard InChI is InChI=1S/C37H38N6O3/c1-23(19-41-34(44)46-36(3,4)5)9-15-30-24(2)17-26(20-39-30)25-10-16-31-29(18-25)33-32(21-40-31)42(8)35(45)43(33)28-13-11-27(12-14-28)37(6,7)22-38/h9-18,20-21H,1,19H2,2-8H3,(H,41,44)/b15-9-. The van der Waals surface area contributed by atoms with Gasteiger partial charge < -0.3 is 10.1 Å². The Hall–Kier alpha value is -5.49. The fraction of sp³-hybridized carbons (Fsp3) is 0.270. The van der Waals surface area contributed by atoms with Crippen molar-refractivity contribution in [3.63, 3.8) is 0 Å². The van der Waals surface area contributed by atoms with Crippen LogP contribution in [0.4, 0.5) is 4.79 Å². The number of amides is 1. The number of ether oxygens (including phenoxy) is 1. The SMILES string of the molecule is C=C(/C=C\c1ncc(-c2ccc3ncc4c(c3c2)n(-c2ccc(C(C)(C)C#N)cc2)c(=O)n4C)cc1C)CNC(=O)OC(C)(C)C. The average Bonchev–Trinajstić information content (AvgIpc) is 3.27. The van der Waals surface area contributed by atoms with Gasteiger partial charge in [-0.05, 0) is 100 Å². The highest BCUT2D eigenvalue weighted by Gasteiger charge is 2.21. The van der Waals surface area contributed by atoms with Crippen molar-refractivity contribution >= 4 is 34.1 Å². The minimum Gasteiger partial charge on any atom is -0.444 e. The van der Waals surface area contributed by atoms with Gasteiger partial charge in [0.15, 0.2) is 0 Å². The van der Waals surface area contributed by atoms with E-state index in [0.29, 0.717) is 16.8 Å². The molecule has 0 saturated carbocycles. The number of nitriles is 1. The molecule has 0 spiro atoms. The predicted octanol–water partition coefficient (Wildman–Crippen LogP) is 7.14. The Morgan fingerprint density at radius 3 is 2.41 bits per heavy atom. The number of hydrogen-bond acceptors (Lipinski definition) is 6. The molecule has 3 heterocycles. The molecule has 9 heteroatoms. The van der Waals surface area contributed by atoms with Gasteiger partial charge in [0, 0.05) is 30.7 Å². The number of aromatic nitrogens is 4. The zero-order valence-electron chi connectivity index (χ0n) is 27.3. The number of pyridine rings is 2. The molecule has 1 N–H and O–H groups in total. The molecule has 0 radical (unpaired) electrons. The maximum atomic E-state index is 13.5. The normalized spacial score (nSPS) is 12.0. The van der Waals surface area contributed by atoms with Crippen LogP contribution >= 0.6 is 0 Å². The van der Waals surface area contributed by atoms with E-state index in [2.05, 4.69) is 29.0 Å². The summed E-state index contributed by atoms with van der Waals surface area (Å²) in [6.45, 7) is 15.4. The fourth-order valence-electron chi connectivity index (χ4n) is 5.18. The molecule has 46 heavy (non-hydrogen) atoms. The van der Waals surface area contributed by atoms with Gasteiger partial charge in [-0.15, -0.1) is 0 Å². The first-order chi connectivity index (χ1) is 21.7. The van der Waals surface area contributed by atoms with Crippen LogP contribution in [-0.4, -0.2) is 37.3 Å². The summed E-state index contributed by atoms with van der Waals surface area (Å²) in [5.41, 5.74) is 6.76. The quantitative estimate of drug-likeness (QED) is 0.195. The minimum absolute atomic E-state index is 0.182. The molecule has 0 saturated heterocycles. The van der Waals surface area contributed by atoms with E-state index in [-0.39, 0.29) is 12.2 Å². The maximum Gasteiger partial charge on any atom is 0.407 e. The van der Waals surface area contributed by atoms with Crippen molar-refractivity contribution in [3.8, 4) is 22.9 Å². The van der Waals surface area contributed by atoms with E-state index in [9.17, 15) is 14.9 Å². The molecule has 0 bridgehead atoms. The second-order valence-corrected chi connectivity index (χ2v) is 13.0. The summed E-state index contributed by atoms with van der Waals surface area (Å²) in [5, 5.41) is 13.1. The lowest BCUT2D eigenvalue weighted by Gasteiger charge is -2.19. The van der Waals surface area contributed by atoms with Gasteiger partial charge in [-0.1, -0.05) is 30.9 Å². The van der Waals surface area contributed by atoms with Gasteiger partial charge in [-0.25, -0.2) is 9.59 Å². The number of alkyl carbamates (subject to hydrolysis) is 1. The topological polar surface area (TPSA) is 115 Å². The Bertz CT molecular complexity index is 2120. The monoisotopic (exact) mass is 614 g/mol. The second kappa shape index (κ2) is 12.1. The molecule has 0 unspecified atom stereocenters. The highest BCUT2D eigenvalue weighted by Crippen LogP contribution is 2.31. The molecule has 1 amide bonds. The fourth-order valence-corrected chi connectivity index (χ4v) is 5.18. The van der Waals surface area contributed by atoms with Crippen molar-refractivity contribution in [2.75, 3.05) is 6.54 Å². The molecular formula is C37H38N6O3. The third-order valence-electron chi connectivity index (χ3n) is 7.80. The molecule has 0 fully saturated rings. The molecule has 0 aliphatic heterocycles. The molecule has 0 aliphatic carbocycles. The molecular weight excluding hydrogens is 576 g/mol. The number of imidazole rings is 1. The lowest BCUT2D eigenvalue weighted by molar-refractivity contribution is 0.0533.